The van der Waals surface area contributed by atoms with E-state index in [0.29, 0.717) is 5.75 Å². The van der Waals surface area contributed by atoms with Gasteiger partial charge in [0.2, 0.25) is 0 Å². The van der Waals surface area contributed by atoms with E-state index in [9.17, 15) is 5.11 Å². The molecule has 0 aliphatic rings. The third-order valence-electron chi connectivity index (χ3n) is 1.93. The third-order valence-corrected chi connectivity index (χ3v) is 1.93. The Morgan fingerprint density at radius 2 is 2.31 bits per heavy atom. The predicted molar refractivity (Wildman–Crippen MR) is 51.0 cm³/mol. The molecule has 1 aromatic heterocycles. The van der Waals surface area contributed by atoms with E-state index in [1.54, 1.807) is 6.07 Å². The minimum atomic E-state index is 0.143. The van der Waals surface area contributed by atoms with Crippen molar-refractivity contribution in [1.29, 1.82) is 0 Å². The zero-order valence-corrected chi connectivity index (χ0v) is 8.24. The van der Waals surface area contributed by atoms with Gasteiger partial charge in [0.15, 0.2) is 0 Å². The lowest BCUT2D eigenvalue weighted by Gasteiger charge is -2.13. The van der Waals surface area contributed by atoms with Crippen LogP contribution in [0.15, 0.2) is 12.3 Å². The fraction of sp³-hybridized carbons (Fsp3) is 0.500. The minimum absolute atomic E-state index is 0.143. The first kappa shape index (κ1) is 9.84. The second-order valence-corrected chi connectivity index (χ2v) is 3.11. The monoisotopic (exact) mass is 181 g/mol. The van der Waals surface area contributed by atoms with Crippen LogP contribution in [-0.4, -0.2) is 16.2 Å². The number of hydrogen-bond acceptors (Lipinski definition) is 3. The Kier molecular flexibility index (Phi) is 3.12. The van der Waals surface area contributed by atoms with Gasteiger partial charge in [0.05, 0.1) is 18.0 Å². The van der Waals surface area contributed by atoms with Gasteiger partial charge >= 0.3 is 0 Å². The van der Waals surface area contributed by atoms with Crippen LogP contribution in [0, 0.1) is 6.92 Å². The normalized spacial score (nSPS) is 12.5. The standard InChI is InChI=1S/C10H15NO2/c1-4-7(2)13-10-5-9(12)6-11-8(10)3/h5-7,12H,4H2,1-3H3. The van der Waals surface area contributed by atoms with Gasteiger partial charge in [-0.15, -0.1) is 0 Å². The Morgan fingerprint density at radius 3 is 2.92 bits per heavy atom. The molecule has 1 atom stereocenters. The maximum atomic E-state index is 9.18. The van der Waals surface area contributed by atoms with Crippen LogP contribution in [0.3, 0.4) is 0 Å². The first-order valence-corrected chi connectivity index (χ1v) is 4.45. The van der Waals surface area contributed by atoms with E-state index in [0.717, 1.165) is 12.1 Å². The van der Waals surface area contributed by atoms with Gasteiger partial charge in [-0.25, -0.2) is 0 Å². The number of aryl methyl sites for hydroxylation is 1. The van der Waals surface area contributed by atoms with Crippen LogP contribution in [-0.2, 0) is 0 Å². The fourth-order valence-electron chi connectivity index (χ4n) is 0.922. The summed E-state index contributed by atoms with van der Waals surface area (Å²) in [6.07, 6.45) is 2.51. The maximum Gasteiger partial charge on any atom is 0.144 e. The number of aromatic nitrogens is 1. The van der Waals surface area contributed by atoms with Crippen molar-refractivity contribution >= 4 is 0 Å². The number of ether oxygens (including phenoxy) is 1. The Labute approximate surface area is 78.4 Å². The van der Waals surface area contributed by atoms with Crippen LogP contribution in [0.25, 0.3) is 0 Å². The van der Waals surface area contributed by atoms with Crippen molar-refractivity contribution in [2.75, 3.05) is 0 Å². The van der Waals surface area contributed by atoms with Crippen molar-refractivity contribution in [3.05, 3.63) is 18.0 Å². The summed E-state index contributed by atoms with van der Waals surface area (Å²) >= 11 is 0. The number of hydrogen-bond donors (Lipinski definition) is 1. The van der Waals surface area contributed by atoms with Gasteiger partial charge in [-0.3, -0.25) is 4.98 Å². The Bertz CT molecular complexity index is 286. The summed E-state index contributed by atoms with van der Waals surface area (Å²) in [4.78, 5) is 3.99. The van der Waals surface area contributed by atoms with Crippen molar-refractivity contribution in [1.82, 2.24) is 4.98 Å². The van der Waals surface area contributed by atoms with E-state index in [-0.39, 0.29) is 11.9 Å². The lowest BCUT2D eigenvalue weighted by Crippen LogP contribution is -2.10. The molecular formula is C10H15NO2. The summed E-state index contributed by atoms with van der Waals surface area (Å²) in [5.41, 5.74) is 0.804. The molecule has 1 heterocycles. The first-order valence-electron chi connectivity index (χ1n) is 4.45. The molecule has 1 unspecified atom stereocenters. The number of aromatic hydroxyl groups is 1. The molecular weight excluding hydrogens is 166 g/mol. The molecule has 0 aliphatic carbocycles. The Hall–Kier alpha value is -1.25. The highest BCUT2D eigenvalue weighted by Crippen LogP contribution is 2.22. The highest BCUT2D eigenvalue weighted by Gasteiger charge is 2.05. The lowest BCUT2D eigenvalue weighted by atomic mass is 10.3. The average molecular weight is 181 g/mol. The van der Waals surface area contributed by atoms with Crippen LogP contribution >= 0.6 is 0 Å². The van der Waals surface area contributed by atoms with E-state index in [1.807, 2.05) is 13.8 Å². The molecule has 0 saturated carbocycles. The predicted octanol–water partition coefficient (Wildman–Crippen LogP) is 2.27. The van der Waals surface area contributed by atoms with E-state index < -0.39 is 0 Å². The van der Waals surface area contributed by atoms with Crippen molar-refractivity contribution < 1.29 is 9.84 Å². The molecule has 0 bridgehead atoms. The zero-order valence-electron chi connectivity index (χ0n) is 8.24. The van der Waals surface area contributed by atoms with Gasteiger partial charge in [0.25, 0.3) is 0 Å². The Morgan fingerprint density at radius 1 is 1.62 bits per heavy atom. The molecule has 0 amide bonds. The van der Waals surface area contributed by atoms with Crippen LogP contribution < -0.4 is 4.74 Å². The minimum Gasteiger partial charge on any atom is -0.506 e. The summed E-state index contributed by atoms with van der Waals surface area (Å²) in [6.45, 7) is 5.90. The van der Waals surface area contributed by atoms with Crippen LogP contribution in [0.4, 0.5) is 0 Å². The topological polar surface area (TPSA) is 42.4 Å². The highest BCUT2D eigenvalue weighted by atomic mass is 16.5. The molecule has 0 radical (unpaired) electrons. The van der Waals surface area contributed by atoms with Crippen LogP contribution in [0.1, 0.15) is 26.0 Å². The molecule has 13 heavy (non-hydrogen) atoms. The van der Waals surface area contributed by atoms with Gasteiger partial charge in [0, 0.05) is 6.07 Å². The van der Waals surface area contributed by atoms with Crippen LogP contribution in [0.2, 0.25) is 0 Å². The quantitative estimate of drug-likeness (QED) is 0.777. The summed E-state index contributed by atoms with van der Waals surface area (Å²) in [5.74, 6) is 0.804. The summed E-state index contributed by atoms with van der Waals surface area (Å²) < 4.78 is 5.55. The number of rotatable bonds is 3. The fourth-order valence-corrected chi connectivity index (χ4v) is 0.922. The van der Waals surface area contributed by atoms with Crippen molar-refractivity contribution in [3.8, 4) is 11.5 Å². The largest absolute Gasteiger partial charge is 0.506 e. The molecule has 72 valence electrons. The number of pyridine rings is 1. The summed E-state index contributed by atoms with van der Waals surface area (Å²) in [7, 11) is 0. The van der Waals surface area contributed by atoms with Gasteiger partial charge in [0.1, 0.15) is 11.5 Å². The highest BCUT2D eigenvalue weighted by molar-refractivity contribution is 5.33. The number of nitrogens with zero attached hydrogens (tertiary/aromatic N) is 1. The van der Waals surface area contributed by atoms with Gasteiger partial charge in [-0.2, -0.15) is 0 Å². The van der Waals surface area contributed by atoms with E-state index in [1.165, 1.54) is 6.20 Å². The maximum absolute atomic E-state index is 9.18. The van der Waals surface area contributed by atoms with Gasteiger partial charge in [-0.05, 0) is 20.3 Å². The molecule has 0 aromatic carbocycles. The third kappa shape index (κ3) is 2.61. The van der Waals surface area contributed by atoms with Crippen LogP contribution in [0.5, 0.6) is 11.5 Å². The molecule has 1 rings (SSSR count). The average Bonchev–Trinajstić information content (AvgIpc) is 2.11. The first-order chi connectivity index (χ1) is 6.13. The second-order valence-electron chi connectivity index (χ2n) is 3.11. The molecule has 3 heteroatoms. The lowest BCUT2D eigenvalue weighted by molar-refractivity contribution is 0.214. The Balaban J connectivity index is 2.81. The molecule has 0 fully saturated rings. The zero-order chi connectivity index (χ0) is 9.84. The second kappa shape index (κ2) is 4.12. The van der Waals surface area contributed by atoms with Crippen molar-refractivity contribution in [2.45, 2.75) is 33.3 Å². The van der Waals surface area contributed by atoms with Gasteiger partial charge < -0.3 is 9.84 Å². The van der Waals surface area contributed by atoms with E-state index in [2.05, 4.69) is 11.9 Å². The SMILES string of the molecule is CCC(C)Oc1cc(O)cnc1C. The molecule has 3 nitrogen and oxygen atoms in total. The molecule has 1 aromatic rings. The van der Waals surface area contributed by atoms with E-state index >= 15 is 0 Å². The van der Waals surface area contributed by atoms with Crippen molar-refractivity contribution in [3.63, 3.8) is 0 Å². The molecule has 1 N–H and O–H groups in total. The summed E-state index contributed by atoms with van der Waals surface area (Å²) in [6, 6.07) is 1.59. The van der Waals surface area contributed by atoms with E-state index in [4.69, 9.17) is 4.74 Å². The molecule has 0 aliphatic heterocycles. The summed E-state index contributed by atoms with van der Waals surface area (Å²) in [5, 5.41) is 9.18. The smallest absolute Gasteiger partial charge is 0.144 e. The van der Waals surface area contributed by atoms with Gasteiger partial charge in [-0.1, -0.05) is 6.92 Å². The van der Waals surface area contributed by atoms with Crippen molar-refractivity contribution in [2.24, 2.45) is 0 Å². The molecule has 0 saturated heterocycles. The molecule has 0 spiro atoms.